The summed E-state index contributed by atoms with van der Waals surface area (Å²) in [7, 11) is -2.03. The second-order valence-corrected chi connectivity index (χ2v) is 6.98. The lowest BCUT2D eigenvalue weighted by molar-refractivity contribution is -0.141. The van der Waals surface area contributed by atoms with Crippen LogP contribution in [0.4, 0.5) is 5.69 Å². The van der Waals surface area contributed by atoms with Crippen molar-refractivity contribution in [1.82, 2.24) is 9.78 Å². The van der Waals surface area contributed by atoms with E-state index >= 15 is 0 Å². The summed E-state index contributed by atoms with van der Waals surface area (Å²) in [6.07, 6.45) is 3.65. The second-order valence-electron chi connectivity index (χ2n) is 5.30. The molecule has 0 amide bonds. The van der Waals surface area contributed by atoms with Gasteiger partial charge in [0.05, 0.1) is 12.1 Å². The van der Waals surface area contributed by atoms with Gasteiger partial charge in [-0.15, -0.1) is 0 Å². The van der Waals surface area contributed by atoms with Crippen molar-refractivity contribution in [2.24, 2.45) is 13.0 Å². The van der Waals surface area contributed by atoms with Crippen LogP contribution in [0.3, 0.4) is 0 Å². The minimum Gasteiger partial charge on any atom is -0.481 e. The average Bonchev–Trinajstić information content (AvgIpc) is 2.93. The third-order valence-corrected chi connectivity index (χ3v) is 4.86. The van der Waals surface area contributed by atoms with Gasteiger partial charge in [-0.2, -0.15) is 5.10 Å². The number of benzene rings is 1. The summed E-state index contributed by atoms with van der Waals surface area (Å²) in [5, 5.41) is 12.9. The lowest BCUT2D eigenvalue weighted by Crippen LogP contribution is -2.15. The highest BCUT2D eigenvalue weighted by Crippen LogP contribution is 2.18. The number of carbonyl (C=O) groups is 1. The standard InChI is InChI=1S/C15H19N3O4S/c1-3-12(15(19)20)8-11-4-6-13(7-5-11)17-23(21,22)14-9-16-18(2)10-14/h4-7,9-10,12,17H,3,8H2,1-2H3,(H,19,20)/t12-/m0/s1. The van der Waals surface area contributed by atoms with E-state index < -0.39 is 21.9 Å². The molecule has 0 bridgehead atoms. The summed E-state index contributed by atoms with van der Waals surface area (Å²) < 4.78 is 28.2. The molecule has 0 radical (unpaired) electrons. The Balaban J connectivity index is 2.09. The van der Waals surface area contributed by atoms with E-state index in [1.54, 1.807) is 31.3 Å². The quantitative estimate of drug-likeness (QED) is 0.803. The van der Waals surface area contributed by atoms with Crippen molar-refractivity contribution < 1.29 is 18.3 Å². The third kappa shape index (κ3) is 4.32. The van der Waals surface area contributed by atoms with E-state index in [4.69, 9.17) is 5.11 Å². The first-order valence-corrected chi connectivity index (χ1v) is 8.63. The smallest absolute Gasteiger partial charge is 0.306 e. The van der Waals surface area contributed by atoms with E-state index in [9.17, 15) is 13.2 Å². The van der Waals surface area contributed by atoms with Crippen molar-refractivity contribution in [2.75, 3.05) is 4.72 Å². The highest BCUT2D eigenvalue weighted by Gasteiger charge is 2.17. The fourth-order valence-corrected chi connectivity index (χ4v) is 3.19. The third-order valence-electron chi connectivity index (χ3n) is 3.52. The van der Waals surface area contributed by atoms with Crippen LogP contribution in [0.15, 0.2) is 41.6 Å². The van der Waals surface area contributed by atoms with Gasteiger partial charge in [-0.25, -0.2) is 8.42 Å². The van der Waals surface area contributed by atoms with E-state index in [0.29, 0.717) is 18.5 Å². The normalized spacial score (nSPS) is 12.8. The van der Waals surface area contributed by atoms with Crippen LogP contribution in [0, 0.1) is 5.92 Å². The molecule has 1 aromatic heterocycles. The zero-order valence-corrected chi connectivity index (χ0v) is 13.7. The van der Waals surface area contributed by atoms with Gasteiger partial charge in [0.25, 0.3) is 10.0 Å². The number of carboxylic acids is 1. The number of aliphatic carboxylic acids is 1. The number of rotatable bonds is 7. The van der Waals surface area contributed by atoms with Crippen LogP contribution in [-0.2, 0) is 28.3 Å². The van der Waals surface area contributed by atoms with Crippen molar-refractivity contribution in [2.45, 2.75) is 24.7 Å². The molecule has 2 aromatic rings. The van der Waals surface area contributed by atoms with E-state index in [2.05, 4.69) is 9.82 Å². The molecule has 124 valence electrons. The Kier molecular flexibility index (Phi) is 5.05. The Bertz CT molecular complexity index is 781. The molecule has 23 heavy (non-hydrogen) atoms. The molecule has 2 N–H and O–H groups in total. The van der Waals surface area contributed by atoms with Gasteiger partial charge < -0.3 is 5.11 Å². The molecule has 0 fully saturated rings. The molecule has 7 nitrogen and oxygen atoms in total. The molecule has 2 rings (SSSR count). The first-order chi connectivity index (χ1) is 10.8. The molecule has 0 saturated carbocycles. The molecular weight excluding hydrogens is 318 g/mol. The molecule has 0 spiro atoms. The maximum atomic E-state index is 12.2. The van der Waals surface area contributed by atoms with Crippen LogP contribution in [0.25, 0.3) is 0 Å². The molecular formula is C15H19N3O4S. The monoisotopic (exact) mass is 337 g/mol. The Labute approximate surface area is 135 Å². The fraction of sp³-hybridized carbons (Fsp3) is 0.333. The summed E-state index contributed by atoms with van der Waals surface area (Å²) in [4.78, 5) is 11.1. The number of sulfonamides is 1. The van der Waals surface area contributed by atoms with Gasteiger partial charge in [0, 0.05) is 18.9 Å². The lowest BCUT2D eigenvalue weighted by atomic mass is 9.97. The van der Waals surface area contributed by atoms with E-state index in [-0.39, 0.29) is 4.90 Å². The molecule has 0 aliphatic carbocycles. The van der Waals surface area contributed by atoms with Crippen molar-refractivity contribution in [3.63, 3.8) is 0 Å². The Hall–Kier alpha value is -2.35. The molecule has 1 heterocycles. The predicted octanol–water partition coefficient (Wildman–Crippen LogP) is 1.87. The van der Waals surface area contributed by atoms with Crippen molar-refractivity contribution >= 4 is 21.7 Å². The number of anilines is 1. The number of carboxylic acid groups (broad SMARTS) is 1. The molecule has 0 unspecified atom stereocenters. The highest BCUT2D eigenvalue weighted by molar-refractivity contribution is 7.92. The van der Waals surface area contributed by atoms with Crippen molar-refractivity contribution in [3.8, 4) is 0 Å². The van der Waals surface area contributed by atoms with E-state index in [1.807, 2.05) is 6.92 Å². The number of hydrogen-bond acceptors (Lipinski definition) is 4. The van der Waals surface area contributed by atoms with Gasteiger partial charge in [0.15, 0.2) is 0 Å². The van der Waals surface area contributed by atoms with E-state index in [1.165, 1.54) is 17.1 Å². The average molecular weight is 337 g/mol. The Morgan fingerprint density at radius 2 is 2.00 bits per heavy atom. The summed E-state index contributed by atoms with van der Waals surface area (Å²) in [6.45, 7) is 1.83. The van der Waals surface area contributed by atoms with Crippen LogP contribution in [0.1, 0.15) is 18.9 Å². The maximum absolute atomic E-state index is 12.2. The number of hydrogen-bond donors (Lipinski definition) is 2. The predicted molar refractivity (Wildman–Crippen MR) is 85.6 cm³/mol. The first-order valence-electron chi connectivity index (χ1n) is 7.15. The van der Waals surface area contributed by atoms with Gasteiger partial charge in [0.1, 0.15) is 4.90 Å². The minimum absolute atomic E-state index is 0.0843. The SMILES string of the molecule is CC[C@@H](Cc1ccc(NS(=O)(=O)c2cnn(C)c2)cc1)C(=O)O. The maximum Gasteiger partial charge on any atom is 0.306 e. The summed E-state index contributed by atoms with van der Waals surface area (Å²) in [5.74, 6) is -1.26. The topological polar surface area (TPSA) is 101 Å². The van der Waals surface area contributed by atoms with Gasteiger partial charge >= 0.3 is 5.97 Å². The Morgan fingerprint density at radius 1 is 1.35 bits per heavy atom. The Morgan fingerprint density at radius 3 is 2.48 bits per heavy atom. The first kappa shape index (κ1) is 17.0. The van der Waals surface area contributed by atoms with Crippen molar-refractivity contribution in [3.05, 3.63) is 42.2 Å². The zero-order chi connectivity index (χ0) is 17.0. The summed E-state index contributed by atoms with van der Waals surface area (Å²) in [6, 6.07) is 6.70. The molecule has 1 atom stereocenters. The van der Waals surface area contributed by atoms with Gasteiger partial charge in [-0.05, 0) is 30.5 Å². The highest BCUT2D eigenvalue weighted by atomic mass is 32.2. The van der Waals surface area contributed by atoms with Gasteiger partial charge in [-0.3, -0.25) is 14.2 Å². The number of aryl methyl sites for hydroxylation is 1. The number of nitrogens with zero attached hydrogens (tertiary/aromatic N) is 2. The van der Waals surface area contributed by atoms with E-state index in [0.717, 1.165) is 5.56 Å². The molecule has 0 saturated heterocycles. The van der Waals surface area contributed by atoms with Crippen LogP contribution in [0.2, 0.25) is 0 Å². The summed E-state index contributed by atoms with van der Waals surface area (Å²) in [5.41, 5.74) is 1.27. The van der Waals surface area contributed by atoms with Crippen LogP contribution < -0.4 is 4.72 Å². The number of aromatic nitrogens is 2. The minimum atomic E-state index is -3.67. The fourth-order valence-electron chi connectivity index (χ4n) is 2.15. The van der Waals surface area contributed by atoms with Gasteiger partial charge in [-0.1, -0.05) is 19.1 Å². The molecule has 1 aromatic carbocycles. The van der Waals surface area contributed by atoms with Gasteiger partial charge in [0.2, 0.25) is 0 Å². The van der Waals surface area contributed by atoms with Crippen LogP contribution >= 0.6 is 0 Å². The second kappa shape index (κ2) is 6.82. The van der Waals surface area contributed by atoms with Crippen molar-refractivity contribution in [1.29, 1.82) is 0 Å². The zero-order valence-electron chi connectivity index (χ0n) is 12.9. The largest absolute Gasteiger partial charge is 0.481 e. The lowest BCUT2D eigenvalue weighted by Gasteiger charge is -2.11. The number of nitrogens with one attached hydrogen (secondary N) is 1. The van der Waals surface area contributed by atoms with Crippen LogP contribution in [0.5, 0.6) is 0 Å². The molecule has 8 heteroatoms. The van der Waals surface area contributed by atoms with Crippen LogP contribution in [-0.4, -0.2) is 29.3 Å². The molecule has 0 aliphatic heterocycles. The summed E-state index contributed by atoms with van der Waals surface area (Å²) >= 11 is 0. The molecule has 0 aliphatic rings.